The molecule has 0 radical (unpaired) electrons. The first-order valence-electron chi connectivity index (χ1n) is 8.60. The summed E-state index contributed by atoms with van der Waals surface area (Å²) in [6.07, 6.45) is 3.42. The summed E-state index contributed by atoms with van der Waals surface area (Å²) < 4.78 is 8.20. The third kappa shape index (κ3) is 2.96. The Morgan fingerprint density at radius 1 is 1.24 bits per heavy atom. The molecule has 0 spiro atoms. The van der Waals surface area contributed by atoms with Gasteiger partial charge in [-0.05, 0) is 61.7 Å². The molecule has 2 aromatic heterocycles. The van der Waals surface area contributed by atoms with E-state index in [1.807, 2.05) is 37.8 Å². The summed E-state index contributed by atoms with van der Waals surface area (Å²) in [7, 11) is 0. The summed E-state index contributed by atoms with van der Waals surface area (Å²) in [4.78, 5) is 21.0. The Morgan fingerprint density at radius 3 is 2.76 bits per heavy atom. The minimum absolute atomic E-state index is 0.193. The van der Waals surface area contributed by atoms with Gasteiger partial charge in [-0.3, -0.25) is 0 Å². The van der Waals surface area contributed by atoms with E-state index >= 15 is 0 Å². The van der Waals surface area contributed by atoms with Crippen LogP contribution in [0.1, 0.15) is 33.6 Å². The Labute approximate surface area is 155 Å². The maximum absolute atomic E-state index is 12.5. The number of fused-ring (bicyclic) bond motifs is 2. The van der Waals surface area contributed by atoms with Gasteiger partial charge in [-0.15, -0.1) is 5.10 Å². The molecular weight excluding hydrogens is 386 g/mol. The van der Waals surface area contributed by atoms with Gasteiger partial charge in [0, 0.05) is 13.1 Å². The first-order chi connectivity index (χ1) is 11.8. The second-order valence-electron chi connectivity index (χ2n) is 7.62. The number of hydrogen-bond acceptors (Lipinski definition) is 5. The number of nitrogens with zero attached hydrogens (tertiary/aromatic N) is 5. The van der Waals surface area contributed by atoms with Crippen LogP contribution < -0.4 is 4.90 Å². The van der Waals surface area contributed by atoms with Crippen LogP contribution in [-0.2, 0) is 4.74 Å². The Balaban J connectivity index is 1.55. The van der Waals surface area contributed by atoms with Crippen LogP contribution in [0.25, 0.3) is 5.65 Å². The third-order valence-electron chi connectivity index (χ3n) is 4.81. The van der Waals surface area contributed by atoms with Crippen LogP contribution in [0.2, 0.25) is 0 Å². The first kappa shape index (κ1) is 16.6. The van der Waals surface area contributed by atoms with Gasteiger partial charge in [-0.25, -0.2) is 14.3 Å². The van der Waals surface area contributed by atoms with Gasteiger partial charge in [-0.2, -0.15) is 0 Å². The molecule has 25 heavy (non-hydrogen) atoms. The van der Waals surface area contributed by atoms with Crippen molar-refractivity contribution in [1.29, 1.82) is 0 Å². The van der Waals surface area contributed by atoms with E-state index in [4.69, 9.17) is 9.84 Å². The second-order valence-corrected chi connectivity index (χ2v) is 8.43. The number of carbonyl (C=O) groups is 1. The zero-order valence-corrected chi connectivity index (χ0v) is 16.2. The number of carbonyl (C=O) groups excluding carboxylic acids is 1. The van der Waals surface area contributed by atoms with Crippen LogP contribution in [0.15, 0.2) is 22.9 Å². The van der Waals surface area contributed by atoms with Gasteiger partial charge in [0.05, 0.1) is 18.3 Å². The molecule has 2 aromatic rings. The van der Waals surface area contributed by atoms with Gasteiger partial charge >= 0.3 is 6.09 Å². The number of anilines is 1. The van der Waals surface area contributed by atoms with Crippen molar-refractivity contribution < 1.29 is 9.53 Å². The first-order valence-corrected chi connectivity index (χ1v) is 9.39. The zero-order valence-electron chi connectivity index (χ0n) is 14.6. The van der Waals surface area contributed by atoms with E-state index in [1.54, 1.807) is 10.7 Å². The number of likely N-dealkylation sites (tertiary alicyclic amines) is 1. The maximum atomic E-state index is 12.5. The van der Waals surface area contributed by atoms with Gasteiger partial charge in [0.1, 0.15) is 16.0 Å². The van der Waals surface area contributed by atoms with E-state index in [9.17, 15) is 4.79 Å². The molecule has 0 aromatic carbocycles. The molecule has 4 rings (SSSR count). The standard InChI is InChI=1S/C17H22BrN5O2/c1-17(2,3)25-16(24)22-9-7-11-12(22)6-8-21(11)15-5-4-14-19-10-13(18)23(14)20-15/h4-5,10-12H,6-9H2,1-3H3. The number of halogens is 1. The van der Waals surface area contributed by atoms with Crippen molar-refractivity contribution in [1.82, 2.24) is 19.5 Å². The molecule has 0 saturated carbocycles. The fourth-order valence-electron chi connectivity index (χ4n) is 3.81. The fraction of sp³-hybridized carbons (Fsp3) is 0.588. The summed E-state index contributed by atoms with van der Waals surface area (Å²) in [5.74, 6) is 0.921. The smallest absolute Gasteiger partial charge is 0.410 e. The largest absolute Gasteiger partial charge is 0.444 e. The fourth-order valence-corrected chi connectivity index (χ4v) is 4.17. The van der Waals surface area contributed by atoms with Crippen LogP contribution in [0, 0.1) is 0 Å². The highest BCUT2D eigenvalue weighted by molar-refractivity contribution is 9.10. The molecule has 2 unspecified atom stereocenters. The van der Waals surface area contributed by atoms with Crippen molar-refractivity contribution in [3.63, 3.8) is 0 Å². The summed E-state index contributed by atoms with van der Waals surface area (Å²) in [5.41, 5.74) is 0.349. The van der Waals surface area contributed by atoms with Gasteiger partial charge in [0.25, 0.3) is 0 Å². The third-order valence-corrected chi connectivity index (χ3v) is 5.35. The van der Waals surface area contributed by atoms with E-state index < -0.39 is 5.60 Å². The quantitative estimate of drug-likeness (QED) is 0.726. The highest BCUT2D eigenvalue weighted by Gasteiger charge is 2.46. The molecular formula is C17H22BrN5O2. The lowest BCUT2D eigenvalue weighted by Crippen LogP contribution is -2.42. The zero-order chi connectivity index (χ0) is 17.8. The van der Waals surface area contributed by atoms with Gasteiger partial charge in [0.15, 0.2) is 5.65 Å². The Morgan fingerprint density at radius 2 is 2.00 bits per heavy atom. The van der Waals surface area contributed by atoms with E-state index in [-0.39, 0.29) is 12.1 Å². The molecule has 7 nitrogen and oxygen atoms in total. The number of aromatic nitrogens is 3. The molecule has 2 fully saturated rings. The predicted molar refractivity (Wildman–Crippen MR) is 97.8 cm³/mol. The number of hydrogen-bond donors (Lipinski definition) is 0. The lowest BCUT2D eigenvalue weighted by Gasteiger charge is -2.28. The summed E-state index contributed by atoms with van der Waals surface area (Å²) in [6, 6.07) is 4.47. The normalized spacial score (nSPS) is 23.4. The van der Waals surface area contributed by atoms with Crippen molar-refractivity contribution in [2.45, 2.75) is 51.3 Å². The number of ether oxygens (including phenoxy) is 1. The molecule has 0 N–H and O–H groups in total. The van der Waals surface area contributed by atoms with Crippen molar-refractivity contribution in [2.24, 2.45) is 0 Å². The van der Waals surface area contributed by atoms with E-state index in [1.165, 1.54) is 0 Å². The lowest BCUT2D eigenvalue weighted by molar-refractivity contribution is 0.0228. The average Bonchev–Trinajstić information content (AvgIpc) is 3.20. The molecule has 0 aliphatic carbocycles. The molecule has 2 aliphatic rings. The van der Waals surface area contributed by atoms with E-state index in [0.717, 1.165) is 42.0 Å². The molecule has 134 valence electrons. The second kappa shape index (κ2) is 5.86. The molecule has 1 amide bonds. The molecule has 2 atom stereocenters. The average molecular weight is 408 g/mol. The maximum Gasteiger partial charge on any atom is 0.410 e. The summed E-state index contributed by atoms with van der Waals surface area (Å²) >= 11 is 3.47. The minimum atomic E-state index is -0.465. The van der Waals surface area contributed by atoms with Crippen LogP contribution >= 0.6 is 15.9 Å². The molecule has 0 bridgehead atoms. The number of imidazole rings is 1. The highest BCUT2D eigenvalue weighted by atomic mass is 79.9. The predicted octanol–water partition coefficient (Wildman–Crippen LogP) is 3.08. The highest BCUT2D eigenvalue weighted by Crippen LogP contribution is 2.35. The Bertz CT molecular complexity index is 815. The van der Waals surface area contributed by atoms with Crippen molar-refractivity contribution in [2.75, 3.05) is 18.0 Å². The number of amides is 1. The molecule has 2 aliphatic heterocycles. The van der Waals surface area contributed by atoms with Crippen molar-refractivity contribution in [3.8, 4) is 0 Å². The molecule has 4 heterocycles. The van der Waals surface area contributed by atoms with Crippen LogP contribution in [0.3, 0.4) is 0 Å². The van der Waals surface area contributed by atoms with E-state index in [2.05, 4.69) is 25.8 Å². The van der Waals surface area contributed by atoms with Gasteiger partial charge in [-0.1, -0.05) is 0 Å². The minimum Gasteiger partial charge on any atom is -0.444 e. The lowest BCUT2D eigenvalue weighted by atomic mass is 10.1. The molecule has 2 saturated heterocycles. The monoisotopic (exact) mass is 407 g/mol. The Hall–Kier alpha value is -1.83. The SMILES string of the molecule is CC(C)(C)OC(=O)N1CCC2C1CCN2c1ccc2ncc(Br)n2n1. The van der Waals surface area contributed by atoms with Crippen LogP contribution in [-0.4, -0.2) is 56.4 Å². The van der Waals surface area contributed by atoms with E-state index in [0.29, 0.717) is 6.04 Å². The topological polar surface area (TPSA) is 63.0 Å². The summed E-state index contributed by atoms with van der Waals surface area (Å²) in [6.45, 7) is 7.34. The van der Waals surface area contributed by atoms with Gasteiger partial charge in [0.2, 0.25) is 0 Å². The molecule has 8 heteroatoms. The number of rotatable bonds is 1. The van der Waals surface area contributed by atoms with Crippen molar-refractivity contribution in [3.05, 3.63) is 22.9 Å². The van der Waals surface area contributed by atoms with Crippen molar-refractivity contribution >= 4 is 33.5 Å². The van der Waals surface area contributed by atoms with Crippen LogP contribution in [0.4, 0.5) is 10.6 Å². The Kier molecular flexibility index (Phi) is 3.90. The summed E-state index contributed by atoms with van der Waals surface area (Å²) in [5, 5.41) is 4.71. The van der Waals surface area contributed by atoms with Gasteiger partial charge < -0.3 is 14.5 Å². The van der Waals surface area contributed by atoms with Crippen LogP contribution in [0.5, 0.6) is 0 Å².